The van der Waals surface area contributed by atoms with Crippen LogP contribution in [0.2, 0.25) is 0 Å². The number of unbranched alkanes of at least 4 members (excludes halogenated alkanes) is 1. The maximum atomic E-state index is 13.9. The number of alkyl carbamates (subject to hydrolysis) is 1. The molecule has 5 nitrogen and oxygen atoms in total. The first-order chi connectivity index (χ1) is 11.8. The molecule has 1 heterocycles. The average Bonchev–Trinajstić information content (AvgIpc) is 3.29. The minimum Gasteiger partial charge on any atom is -0.493 e. The average molecular weight is 353 g/mol. The van der Waals surface area contributed by atoms with E-state index in [1.54, 1.807) is 0 Å². The van der Waals surface area contributed by atoms with E-state index in [1.807, 2.05) is 26.8 Å². The van der Waals surface area contributed by atoms with Crippen molar-refractivity contribution in [3.8, 4) is 5.75 Å². The van der Waals surface area contributed by atoms with Crippen molar-refractivity contribution in [3.63, 3.8) is 0 Å². The molecule has 1 fully saturated rings. The number of rotatable bonds is 8. The Labute approximate surface area is 148 Å². The number of benzene rings is 1. The summed E-state index contributed by atoms with van der Waals surface area (Å²) in [5.74, 6) is 0.160. The summed E-state index contributed by atoms with van der Waals surface area (Å²) < 4.78 is 30.1. The number of hydrogen-bond acceptors (Lipinski definition) is 4. The van der Waals surface area contributed by atoms with Crippen molar-refractivity contribution in [2.75, 3.05) is 13.2 Å². The van der Waals surface area contributed by atoms with Crippen LogP contribution in [0, 0.1) is 5.82 Å². The van der Waals surface area contributed by atoms with Gasteiger partial charge in [0.25, 0.3) is 0 Å². The van der Waals surface area contributed by atoms with Crippen molar-refractivity contribution in [2.24, 2.45) is 0 Å². The predicted molar refractivity (Wildman–Crippen MR) is 93.4 cm³/mol. The Bertz CT molecular complexity index is 581. The lowest BCUT2D eigenvalue weighted by molar-refractivity contribution is 0.0495. The van der Waals surface area contributed by atoms with Crippen molar-refractivity contribution in [3.05, 3.63) is 29.6 Å². The number of nitrogens with one attached hydrogen (secondary N) is 1. The van der Waals surface area contributed by atoms with Crippen molar-refractivity contribution in [1.29, 1.82) is 0 Å². The molecule has 1 aliphatic rings. The van der Waals surface area contributed by atoms with Gasteiger partial charge < -0.3 is 19.5 Å². The van der Waals surface area contributed by atoms with Crippen molar-refractivity contribution in [2.45, 2.75) is 64.7 Å². The Morgan fingerprint density at radius 1 is 1.40 bits per heavy atom. The number of epoxide rings is 1. The van der Waals surface area contributed by atoms with Crippen LogP contribution in [-0.4, -0.2) is 37.1 Å². The van der Waals surface area contributed by atoms with Crippen LogP contribution in [0.4, 0.5) is 9.18 Å². The van der Waals surface area contributed by atoms with Crippen molar-refractivity contribution >= 4 is 6.09 Å². The van der Waals surface area contributed by atoms with Gasteiger partial charge in [-0.05, 0) is 51.3 Å². The number of carbonyl (C=O) groups is 1. The molecule has 1 aromatic carbocycles. The summed E-state index contributed by atoms with van der Waals surface area (Å²) in [7, 11) is 0. The van der Waals surface area contributed by atoms with Crippen LogP contribution in [0.3, 0.4) is 0 Å². The highest BCUT2D eigenvalue weighted by Gasteiger charge is 2.35. The second kappa shape index (κ2) is 8.52. The first-order valence-electron chi connectivity index (χ1n) is 8.80. The molecule has 0 radical (unpaired) electrons. The third-order valence-electron chi connectivity index (χ3n) is 3.66. The molecule has 0 aliphatic carbocycles. The molecule has 0 saturated carbocycles. The van der Waals surface area contributed by atoms with Gasteiger partial charge in [-0.3, -0.25) is 0 Å². The van der Waals surface area contributed by atoms with Crippen molar-refractivity contribution in [1.82, 2.24) is 5.32 Å². The zero-order chi connectivity index (χ0) is 18.4. The summed E-state index contributed by atoms with van der Waals surface area (Å²) >= 11 is 0. The first kappa shape index (κ1) is 19.5. The van der Waals surface area contributed by atoms with Gasteiger partial charge in [0.15, 0.2) is 0 Å². The van der Waals surface area contributed by atoms with Gasteiger partial charge in [0.2, 0.25) is 0 Å². The molecule has 6 heteroatoms. The fourth-order valence-corrected chi connectivity index (χ4v) is 2.43. The maximum absolute atomic E-state index is 13.9. The second-order valence-electron chi connectivity index (χ2n) is 7.33. The van der Waals surface area contributed by atoms with Gasteiger partial charge in [-0.15, -0.1) is 0 Å². The van der Waals surface area contributed by atoms with Crippen LogP contribution < -0.4 is 10.1 Å². The topological polar surface area (TPSA) is 60.1 Å². The van der Waals surface area contributed by atoms with E-state index in [4.69, 9.17) is 14.2 Å². The molecular formula is C19H28FNO4. The zero-order valence-corrected chi connectivity index (χ0v) is 15.4. The molecule has 1 N–H and O–H groups in total. The minimum atomic E-state index is -0.571. The van der Waals surface area contributed by atoms with E-state index >= 15 is 0 Å². The summed E-state index contributed by atoms with van der Waals surface area (Å²) in [4.78, 5) is 12.0. The smallest absolute Gasteiger partial charge is 0.407 e. The fraction of sp³-hybridized carbons (Fsp3) is 0.632. The SMILES string of the molecule is CCCCOc1cc(F)cc(C[C@H](NC(=O)OC(C)(C)C)[C@H]2CO2)c1. The lowest BCUT2D eigenvalue weighted by Crippen LogP contribution is -2.43. The summed E-state index contributed by atoms with van der Waals surface area (Å²) in [5, 5.41) is 2.83. The number of ether oxygens (including phenoxy) is 3. The molecule has 0 unspecified atom stereocenters. The highest BCUT2D eigenvalue weighted by molar-refractivity contribution is 5.68. The highest BCUT2D eigenvalue weighted by Crippen LogP contribution is 2.23. The molecule has 1 amide bonds. The lowest BCUT2D eigenvalue weighted by Gasteiger charge is -2.23. The zero-order valence-electron chi connectivity index (χ0n) is 15.4. The van der Waals surface area contributed by atoms with E-state index in [2.05, 4.69) is 12.2 Å². The molecule has 140 valence electrons. The van der Waals surface area contributed by atoms with Gasteiger partial charge >= 0.3 is 6.09 Å². The molecule has 2 rings (SSSR count). The summed E-state index contributed by atoms with van der Waals surface area (Å²) in [5.41, 5.74) is 0.182. The molecule has 0 bridgehead atoms. The maximum Gasteiger partial charge on any atom is 0.407 e. The molecule has 1 aliphatic heterocycles. The monoisotopic (exact) mass is 353 g/mol. The molecule has 2 atom stereocenters. The van der Waals surface area contributed by atoms with Crippen LogP contribution >= 0.6 is 0 Å². The van der Waals surface area contributed by atoms with Gasteiger partial charge in [-0.1, -0.05) is 13.3 Å². The van der Waals surface area contributed by atoms with E-state index in [9.17, 15) is 9.18 Å². The lowest BCUT2D eigenvalue weighted by atomic mass is 10.0. The third kappa shape index (κ3) is 7.30. The molecule has 25 heavy (non-hydrogen) atoms. The van der Waals surface area contributed by atoms with Crippen LogP contribution in [-0.2, 0) is 15.9 Å². The number of amides is 1. The summed E-state index contributed by atoms with van der Waals surface area (Å²) in [6.07, 6.45) is 1.82. The normalized spacial score (nSPS) is 17.7. The van der Waals surface area contributed by atoms with Gasteiger partial charge in [0, 0.05) is 6.07 Å². The molecular weight excluding hydrogens is 325 g/mol. The van der Waals surface area contributed by atoms with Gasteiger partial charge in [-0.2, -0.15) is 0 Å². The Balaban J connectivity index is 2.00. The minimum absolute atomic E-state index is 0.0692. The van der Waals surface area contributed by atoms with Crippen LogP contribution in [0.5, 0.6) is 5.75 Å². The highest BCUT2D eigenvalue weighted by atomic mass is 19.1. The standard InChI is InChI=1S/C19H28FNO4/c1-5-6-7-23-15-9-13(8-14(20)11-15)10-16(17-12-24-17)21-18(22)25-19(2,3)4/h8-9,11,16-17H,5-7,10,12H2,1-4H3,(H,21,22)/t16-,17+/m0/s1. The molecule has 0 aromatic heterocycles. The van der Waals surface area contributed by atoms with E-state index in [0.29, 0.717) is 25.4 Å². The molecule has 0 spiro atoms. The largest absolute Gasteiger partial charge is 0.493 e. The number of hydrogen-bond donors (Lipinski definition) is 1. The number of halogens is 1. The predicted octanol–water partition coefficient (Wildman–Crippen LogP) is 3.84. The van der Waals surface area contributed by atoms with Gasteiger partial charge in [-0.25, -0.2) is 9.18 Å². The quantitative estimate of drug-likeness (QED) is 0.570. The van der Waals surface area contributed by atoms with E-state index in [0.717, 1.165) is 18.4 Å². The van der Waals surface area contributed by atoms with Crippen LogP contribution in [0.1, 0.15) is 46.1 Å². The molecule has 1 aromatic rings. The van der Waals surface area contributed by atoms with Gasteiger partial charge in [0.05, 0.1) is 19.3 Å². The Hall–Kier alpha value is -1.82. The summed E-state index contributed by atoms with van der Waals surface area (Å²) in [6.45, 7) is 8.63. The molecule has 1 saturated heterocycles. The Morgan fingerprint density at radius 2 is 2.12 bits per heavy atom. The van der Waals surface area contributed by atoms with E-state index in [-0.39, 0.29) is 18.0 Å². The summed E-state index contributed by atoms with van der Waals surface area (Å²) in [6, 6.07) is 4.38. The van der Waals surface area contributed by atoms with Crippen molar-refractivity contribution < 1.29 is 23.4 Å². The fourth-order valence-electron chi connectivity index (χ4n) is 2.43. The first-order valence-corrected chi connectivity index (χ1v) is 8.80. The van der Waals surface area contributed by atoms with E-state index < -0.39 is 11.7 Å². The Morgan fingerprint density at radius 3 is 2.72 bits per heavy atom. The third-order valence-corrected chi connectivity index (χ3v) is 3.66. The van der Waals surface area contributed by atoms with Crippen LogP contribution in [0.15, 0.2) is 18.2 Å². The second-order valence-corrected chi connectivity index (χ2v) is 7.33. The Kier molecular flexibility index (Phi) is 6.64. The number of carbonyl (C=O) groups excluding carboxylic acids is 1. The van der Waals surface area contributed by atoms with E-state index in [1.165, 1.54) is 12.1 Å². The van der Waals surface area contributed by atoms with Gasteiger partial charge in [0.1, 0.15) is 23.3 Å². The van der Waals surface area contributed by atoms with Crippen LogP contribution in [0.25, 0.3) is 0 Å².